The van der Waals surface area contributed by atoms with Crippen LogP contribution in [0.1, 0.15) is 37.4 Å². The summed E-state index contributed by atoms with van der Waals surface area (Å²) in [5.74, 6) is 0. The van der Waals surface area contributed by atoms with Gasteiger partial charge in [0.1, 0.15) is 0 Å². The summed E-state index contributed by atoms with van der Waals surface area (Å²) >= 11 is 0. The minimum atomic E-state index is 0.570. The van der Waals surface area contributed by atoms with Crippen molar-refractivity contribution < 1.29 is 0 Å². The maximum atomic E-state index is 3.71. The lowest BCUT2D eigenvalue weighted by Gasteiger charge is -2.41. The van der Waals surface area contributed by atoms with Gasteiger partial charge in [0.2, 0.25) is 0 Å². The zero-order valence-electron chi connectivity index (χ0n) is 12.1. The Morgan fingerprint density at radius 3 is 2.79 bits per heavy atom. The van der Waals surface area contributed by atoms with Gasteiger partial charge < -0.3 is 10.6 Å². The van der Waals surface area contributed by atoms with Crippen molar-refractivity contribution in [2.75, 3.05) is 31.5 Å². The van der Waals surface area contributed by atoms with Crippen LogP contribution in [0.15, 0.2) is 18.2 Å². The fraction of sp³-hybridized carbons (Fsp3) is 0.625. The Labute approximate surface area is 116 Å². The summed E-state index contributed by atoms with van der Waals surface area (Å²) in [4.78, 5) is 2.66. The smallest absolute Gasteiger partial charge is 0.0423 e. The molecule has 0 spiro atoms. The molecule has 1 saturated heterocycles. The SMILES string of the molecule is CCc1cccc2c1NC(C)CC2N1CCNCC1. The van der Waals surface area contributed by atoms with E-state index in [0.29, 0.717) is 12.1 Å². The predicted molar refractivity (Wildman–Crippen MR) is 80.7 cm³/mol. The second-order valence-electron chi connectivity index (χ2n) is 5.82. The molecule has 1 aromatic rings. The van der Waals surface area contributed by atoms with Gasteiger partial charge in [0.25, 0.3) is 0 Å². The Morgan fingerprint density at radius 1 is 1.26 bits per heavy atom. The summed E-state index contributed by atoms with van der Waals surface area (Å²) in [6, 6.07) is 7.98. The van der Waals surface area contributed by atoms with Crippen LogP contribution in [0.25, 0.3) is 0 Å². The second kappa shape index (κ2) is 5.51. The van der Waals surface area contributed by atoms with E-state index in [1.54, 1.807) is 0 Å². The molecule has 0 bridgehead atoms. The zero-order chi connectivity index (χ0) is 13.2. The first-order valence-electron chi connectivity index (χ1n) is 7.62. The number of aryl methyl sites for hydroxylation is 1. The zero-order valence-corrected chi connectivity index (χ0v) is 12.1. The third kappa shape index (κ3) is 2.49. The van der Waals surface area contributed by atoms with Gasteiger partial charge in [0.15, 0.2) is 0 Å². The molecular formula is C16H25N3. The minimum absolute atomic E-state index is 0.570. The third-order valence-corrected chi connectivity index (χ3v) is 4.48. The summed E-state index contributed by atoms with van der Waals surface area (Å²) in [6.07, 6.45) is 2.33. The molecule has 2 aliphatic heterocycles. The monoisotopic (exact) mass is 259 g/mol. The summed E-state index contributed by atoms with van der Waals surface area (Å²) < 4.78 is 0. The van der Waals surface area contributed by atoms with Crippen molar-refractivity contribution in [2.24, 2.45) is 0 Å². The molecule has 2 unspecified atom stereocenters. The predicted octanol–water partition coefficient (Wildman–Crippen LogP) is 2.40. The molecular weight excluding hydrogens is 234 g/mol. The number of hydrogen-bond acceptors (Lipinski definition) is 3. The van der Waals surface area contributed by atoms with E-state index in [1.165, 1.54) is 36.3 Å². The van der Waals surface area contributed by atoms with Crippen LogP contribution < -0.4 is 10.6 Å². The molecule has 0 aliphatic carbocycles. The molecule has 1 fully saturated rings. The first-order valence-corrected chi connectivity index (χ1v) is 7.62. The van der Waals surface area contributed by atoms with Gasteiger partial charge in [-0.05, 0) is 30.9 Å². The van der Waals surface area contributed by atoms with Crippen LogP contribution in [0, 0.1) is 0 Å². The number of benzene rings is 1. The third-order valence-electron chi connectivity index (χ3n) is 4.48. The number of nitrogens with one attached hydrogen (secondary N) is 2. The number of piperazine rings is 1. The molecule has 2 heterocycles. The highest BCUT2D eigenvalue weighted by molar-refractivity contribution is 5.61. The highest BCUT2D eigenvalue weighted by Gasteiger charge is 2.30. The van der Waals surface area contributed by atoms with Gasteiger partial charge in [-0.3, -0.25) is 4.90 Å². The minimum Gasteiger partial charge on any atom is -0.382 e. The van der Waals surface area contributed by atoms with Crippen LogP contribution >= 0.6 is 0 Å². The number of rotatable bonds is 2. The van der Waals surface area contributed by atoms with Gasteiger partial charge in [-0.15, -0.1) is 0 Å². The molecule has 3 nitrogen and oxygen atoms in total. The van der Waals surface area contributed by atoms with Crippen molar-refractivity contribution in [1.82, 2.24) is 10.2 Å². The fourth-order valence-corrected chi connectivity index (χ4v) is 3.48. The molecule has 2 atom stereocenters. The van der Waals surface area contributed by atoms with Crippen molar-refractivity contribution in [3.8, 4) is 0 Å². The van der Waals surface area contributed by atoms with Gasteiger partial charge in [-0.2, -0.15) is 0 Å². The summed E-state index contributed by atoms with van der Waals surface area (Å²) in [5.41, 5.74) is 4.39. The number of nitrogens with zero attached hydrogens (tertiary/aromatic N) is 1. The average Bonchev–Trinajstić information content (AvgIpc) is 2.46. The Kier molecular flexibility index (Phi) is 3.76. The van der Waals surface area contributed by atoms with Gasteiger partial charge in [0, 0.05) is 44.0 Å². The molecule has 104 valence electrons. The molecule has 19 heavy (non-hydrogen) atoms. The van der Waals surface area contributed by atoms with Crippen LogP contribution in [0.4, 0.5) is 5.69 Å². The van der Waals surface area contributed by atoms with Crippen molar-refractivity contribution >= 4 is 5.69 Å². The van der Waals surface area contributed by atoms with Gasteiger partial charge in [-0.1, -0.05) is 25.1 Å². The topological polar surface area (TPSA) is 27.3 Å². The Hall–Kier alpha value is -1.06. The van der Waals surface area contributed by atoms with Crippen LogP contribution in [0.2, 0.25) is 0 Å². The molecule has 1 aromatic carbocycles. The Morgan fingerprint density at radius 2 is 2.05 bits per heavy atom. The molecule has 0 amide bonds. The first-order chi connectivity index (χ1) is 9.29. The second-order valence-corrected chi connectivity index (χ2v) is 5.82. The van der Waals surface area contributed by atoms with E-state index in [1.807, 2.05) is 0 Å². The summed E-state index contributed by atoms with van der Waals surface area (Å²) in [6.45, 7) is 9.16. The van der Waals surface area contributed by atoms with Crippen molar-refractivity contribution in [3.05, 3.63) is 29.3 Å². The number of anilines is 1. The fourth-order valence-electron chi connectivity index (χ4n) is 3.48. The highest BCUT2D eigenvalue weighted by Crippen LogP contribution is 2.38. The number of hydrogen-bond donors (Lipinski definition) is 2. The van der Waals surface area contributed by atoms with Crippen LogP contribution in [0.3, 0.4) is 0 Å². The lowest BCUT2D eigenvalue weighted by atomic mass is 9.89. The lowest BCUT2D eigenvalue weighted by molar-refractivity contribution is 0.159. The Balaban J connectivity index is 1.94. The van der Waals surface area contributed by atoms with E-state index in [2.05, 4.69) is 47.6 Å². The number of para-hydroxylation sites is 1. The van der Waals surface area contributed by atoms with Crippen molar-refractivity contribution in [2.45, 2.75) is 38.8 Å². The maximum Gasteiger partial charge on any atom is 0.0423 e. The van der Waals surface area contributed by atoms with E-state index < -0.39 is 0 Å². The van der Waals surface area contributed by atoms with Crippen molar-refractivity contribution in [3.63, 3.8) is 0 Å². The van der Waals surface area contributed by atoms with E-state index in [4.69, 9.17) is 0 Å². The number of fused-ring (bicyclic) bond motifs is 1. The Bertz CT molecular complexity index is 438. The summed E-state index contributed by atoms with van der Waals surface area (Å²) in [7, 11) is 0. The largest absolute Gasteiger partial charge is 0.382 e. The van der Waals surface area contributed by atoms with Gasteiger partial charge in [0.05, 0.1) is 0 Å². The van der Waals surface area contributed by atoms with Crippen LogP contribution in [-0.4, -0.2) is 37.1 Å². The van der Waals surface area contributed by atoms with E-state index in [9.17, 15) is 0 Å². The molecule has 3 heteroatoms. The maximum absolute atomic E-state index is 3.71. The molecule has 2 aliphatic rings. The standard InChI is InChI=1S/C16H25N3/c1-3-13-5-4-6-14-15(11-12(2)18-16(13)14)19-9-7-17-8-10-19/h4-6,12,15,17-18H,3,7-11H2,1-2H3. The molecule has 0 aromatic heterocycles. The normalized spacial score (nSPS) is 27.7. The van der Waals surface area contributed by atoms with Crippen LogP contribution in [-0.2, 0) is 6.42 Å². The molecule has 0 saturated carbocycles. The van der Waals surface area contributed by atoms with Gasteiger partial charge in [-0.25, -0.2) is 0 Å². The van der Waals surface area contributed by atoms with Crippen LogP contribution in [0.5, 0.6) is 0 Å². The summed E-state index contributed by atoms with van der Waals surface area (Å²) in [5, 5.41) is 7.16. The highest BCUT2D eigenvalue weighted by atomic mass is 15.2. The van der Waals surface area contributed by atoms with Crippen molar-refractivity contribution in [1.29, 1.82) is 0 Å². The molecule has 3 rings (SSSR count). The molecule has 0 radical (unpaired) electrons. The quantitative estimate of drug-likeness (QED) is 0.854. The van der Waals surface area contributed by atoms with E-state index in [-0.39, 0.29) is 0 Å². The molecule has 2 N–H and O–H groups in total. The average molecular weight is 259 g/mol. The lowest BCUT2D eigenvalue weighted by Crippen LogP contribution is -2.47. The van der Waals surface area contributed by atoms with Gasteiger partial charge >= 0.3 is 0 Å². The van der Waals surface area contributed by atoms with E-state index >= 15 is 0 Å². The van der Waals surface area contributed by atoms with E-state index in [0.717, 1.165) is 19.5 Å². The first kappa shape index (κ1) is 12.9.